The highest BCUT2D eigenvalue weighted by Crippen LogP contribution is 2.24. The fourth-order valence-corrected chi connectivity index (χ4v) is 1.49. The van der Waals surface area contributed by atoms with Crippen molar-refractivity contribution in [1.82, 2.24) is 0 Å². The molecule has 1 aromatic rings. The molecular weight excluding hydrogens is 271 g/mol. The smallest absolute Gasteiger partial charge is 0.406 e. The lowest BCUT2D eigenvalue weighted by molar-refractivity contribution is -0.274. The molecule has 0 aliphatic carbocycles. The van der Waals surface area contributed by atoms with E-state index in [0.29, 0.717) is 31.4 Å². The average molecular weight is 291 g/mol. The van der Waals surface area contributed by atoms with Crippen LogP contribution >= 0.6 is 0 Å². The Morgan fingerprint density at radius 1 is 1.20 bits per heavy atom. The fourth-order valence-electron chi connectivity index (χ4n) is 1.49. The molecule has 0 radical (unpaired) electrons. The monoisotopic (exact) mass is 291 g/mol. The van der Waals surface area contributed by atoms with Crippen LogP contribution < -0.4 is 10.1 Å². The lowest BCUT2D eigenvalue weighted by Crippen LogP contribution is -2.17. The lowest BCUT2D eigenvalue weighted by atomic mass is 10.1. The second kappa shape index (κ2) is 7.99. The number of rotatable bonds is 8. The van der Waals surface area contributed by atoms with Gasteiger partial charge in [0.15, 0.2) is 0 Å². The van der Waals surface area contributed by atoms with E-state index >= 15 is 0 Å². The zero-order chi connectivity index (χ0) is 15.0. The molecule has 20 heavy (non-hydrogen) atoms. The van der Waals surface area contributed by atoms with Gasteiger partial charge in [0.1, 0.15) is 5.75 Å². The van der Waals surface area contributed by atoms with E-state index in [9.17, 15) is 13.2 Å². The van der Waals surface area contributed by atoms with Gasteiger partial charge in [0.05, 0.1) is 6.61 Å². The van der Waals surface area contributed by atoms with E-state index < -0.39 is 6.36 Å². The molecule has 3 nitrogen and oxygen atoms in total. The number of anilines is 1. The van der Waals surface area contributed by atoms with Crippen LogP contribution in [0.15, 0.2) is 24.3 Å². The molecule has 1 aromatic carbocycles. The van der Waals surface area contributed by atoms with Gasteiger partial charge in [-0.1, -0.05) is 19.9 Å². The highest BCUT2D eigenvalue weighted by Gasteiger charge is 2.31. The Balaban J connectivity index is 2.28. The van der Waals surface area contributed by atoms with Gasteiger partial charge in [-0.2, -0.15) is 0 Å². The maximum atomic E-state index is 12.1. The molecule has 114 valence electrons. The molecule has 0 amide bonds. The van der Waals surface area contributed by atoms with Crippen molar-refractivity contribution in [3.05, 3.63) is 24.3 Å². The van der Waals surface area contributed by atoms with Gasteiger partial charge in [0.2, 0.25) is 0 Å². The number of hydrogen-bond acceptors (Lipinski definition) is 3. The van der Waals surface area contributed by atoms with Gasteiger partial charge in [-0.25, -0.2) is 0 Å². The summed E-state index contributed by atoms with van der Waals surface area (Å²) in [6.07, 6.45) is -3.67. The summed E-state index contributed by atoms with van der Waals surface area (Å²) < 4.78 is 45.4. The van der Waals surface area contributed by atoms with Crippen LogP contribution in [0.5, 0.6) is 5.75 Å². The van der Waals surface area contributed by atoms with E-state index in [-0.39, 0.29) is 5.75 Å². The number of alkyl halides is 3. The van der Waals surface area contributed by atoms with Crippen LogP contribution in [-0.2, 0) is 4.74 Å². The molecular formula is C14H20F3NO2. The molecule has 0 saturated carbocycles. The summed E-state index contributed by atoms with van der Waals surface area (Å²) in [6, 6.07) is 5.75. The van der Waals surface area contributed by atoms with Crippen LogP contribution in [0.25, 0.3) is 0 Å². The quantitative estimate of drug-likeness (QED) is 0.733. The minimum Gasteiger partial charge on any atom is -0.406 e. The third kappa shape index (κ3) is 7.89. The molecule has 0 spiro atoms. The summed E-state index contributed by atoms with van der Waals surface area (Å²) in [5.41, 5.74) is 0.569. The van der Waals surface area contributed by atoms with Gasteiger partial charge in [-0.05, 0) is 24.5 Å². The van der Waals surface area contributed by atoms with Crippen molar-refractivity contribution >= 4 is 5.69 Å². The number of hydrogen-bond donors (Lipinski definition) is 1. The Morgan fingerprint density at radius 3 is 2.60 bits per heavy atom. The van der Waals surface area contributed by atoms with Crippen molar-refractivity contribution < 1.29 is 22.6 Å². The minimum absolute atomic E-state index is 0.233. The molecule has 1 rings (SSSR count). The van der Waals surface area contributed by atoms with E-state index in [0.717, 1.165) is 6.42 Å². The third-order valence-corrected chi connectivity index (χ3v) is 2.48. The largest absolute Gasteiger partial charge is 0.573 e. The van der Waals surface area contributed by atoms with Gasteiger partial charge < -0.3 is 14.8 Å². The standard InChI is InChI=1S/C14H20F3NO2/c1-11(2)6-8-19-9-7-18-12-4-3-5-13(10-12)20-14(15,16)17/h3-5,10-11,18H,6-9H2,1-2H3. The summed E-state index contributed by atoms with van der Waals surface area (Å²) in [4.78, 5) is 0. The summed E-state index contributed by atoms with van der Waals surface area (Å²) in [5, 5.41) is 2.99. The van der Waals surface area contributed by atoms with Crippen molar-refractivity contribution in [3.8, 4) is 5.75 Å². The first-order valence-electron chi connectivity index (χ1n) is 6.54. The number of benzene rings is 1. The number of ether oxygens (including phenoxy) is 2. The molecule has 0 saturated heterocycles. The fraction of sp³-hybridized carbons (Fsp3) is 0.571. The first-order chi connectivity index (χ1) is 9.37. The van der Waals surface area contributed by atoms with E-state index in [2.05, 4.69) is 23.9 Å². The zero-order valence-corrected chi connectivity index (χ0v) is 11.7. The van der Waals surface area contributed by atoms with Crippen LogP contribution in [0.3, 0.4) is 0 Å². The molecule has 0 aromatic heterocycles. The van der Waals surface area contributed by atoms with Crippen LogP contribution in [0.4, 0.5) is 18.9 Å². The Labute approximate surface area is 117 Å². The summed E-state index contributed by atoms with van der Waals surface area (Å²) in [6.45, 7) is 5.97. The first-order valence-corrected chi connectivity index (χ1v) is 6.54. The van der Waals surface area contributed by atoms with Gasteiger partial charge in [-0.3, -0.25) is 0 Å². The van der Waals surface area contributed by atoms with Crippen LogP contribution in [0.2, 0.25) is 0 Å². The van der Waals surface area contributed by atoms with Gasteiger partial charge >= 0.3 is 6.36 Å². The Bertz CT molecular complexity index is 394. The van der Waals surface area contributed by atoms with E-state index in [1.165, 1.54) is 18.2 Å². The summed E-state index contributed by atoms with van der Waals surface area (Å²) in [7, 11) is 0. The van der Waals surface area contributed by atoms with Crippen molar-refractivity contribution in [2.24, 2.45) is 5.92 Å². The van der Waals surface area contributed by atoms with Crippen LogP contribution in [-0.4, -0.2) is 26.1 Å². The molecule has 0 fully saturated rings. The summed E-state index contributed by atoms with van der Waals surface area (Å²) in [5.74, 6) is 0.363. The third-order valence-electron chi connectivity index (χ3n) is 2.48. The SMILES string of the molecule is CC(C)CCOCCNc1cccc(OC(F)(F)F)c1. The predicted molar refractivity (Wildman–Crippen MR) is 71.9 cm³/mol. The lowest BCUT2D eigenvalue weighted by Gasteiger charge is -2.11. The van der Waals surface area contributed by atoms with Gasteiger partial charge in [0, 0.05) is 24.9 Å². The Hall–Kier alpha value is -1.43. The molecule has 0 atom stereocenters. The van der Waals surface area contributed by atoms with E-state index in [1.54, 1.807) is 6.07 Å². The molecule has 0 unspecified atom stereocenters. The van der Waals surface area contributed by atoms with Crippen LogP contribution in [0, 0.1) is 5.92 Å². The second-order valence-corrected chi connectivity index (χ2v) is 4.80. The highest BCUT2D eigenvalue weighted by molar-refractivity contribution is 5.48. The summed E-state index contributed by atoms with van der Waals surface area (Å²) >= 11 is 0. The minimum atomic E-state index is -4.67. The molecule has 0 bridgehead atoms. The maximum Gasteiger partial charge on any atom is 0.573 e. The van der Waals surface area contributed by atoms with E-state index in [1.807, 2.05) is 0 Å². The predicted octanol–water partition coefficient (Wildman–Crippen LogP) is 4.06. The van der Waals surface area contributed by atoms with Gasteiger partial charge in [0.25, 0.3) is 0 Å². The molecule has 6 heteroatoms. The van der Waals surface area contributed by atoms with Crippen LogP contribution in [0.1, 0.15) is 20.3 Å². The Kier molecular flexibility index (Phi) is 6.64. The second-order valence-electron chi connectivity index (χ2n) is 4.80. The number of nitrogens with one attached hydrogen (secondary N) is 1. The normalized spacial score (nSPS) is 11.7. The maximum absolute atomic E-state index is 12.1. The molecule has 0 aliphatic rings. The first kappa shape index (κ1) is 16.6. The van der Waals surface area contributed by atoms with Crippen molar-refractivity contribution in [3.63, 3.8) is 0 Å². The molecule has 1 N–H and O–H groups in total. The van der Waals surface area contributed by atoms with E-state index in [4.69, 9.17) is 4.74 Å². The number of halogens is 3. The Morgan fingerprint density at radius 2 is 1.95 bits per heavy atom. The van der Waals surface area contributed by atoms with Crippen molar-refractivity contribution in [1.29, 1.82) is 0 Å². The van der Waals surface area contributed by atoms with Gasteiger partial charge in [-0.15, -0.1) is 13.2 Å². The highest BCUT2D eigenvalue weighted by atomic mass is 19.4. The average Bonchev–Trinajstić information content (AvgIpc) is 2.31. The molecule has 0 heterocycles. The topological polar surface area (TPSA) is 30.5 Å². The molecule has 0 aliphatic heterocycles. The van der Waals surface area contributed by atoms with Crippen molar-refractivity contribution in [2.75, 3.05) is 25.1 Å². The zero-order valence-electron chi connectivity index (χ0n) is 11.7. The van der Waals surface area contributed by atoms with Crippen molar-refractivity contribution in [2.45, 2.75) is 26.6 Å².